The lowest BCUT2D eigenvalue weighted by molar-refractivity contribution is 0.0433. The average Bonchev–Trinajstić information content (AvgIpc) is 3.06. The lowest BCUT2D eigenvalue weighted by Crippen LogP contribution is -2.59. The number of carbonyl (C=O) groups is 1. The summed E-state index contributed by atoms with van der Waals surface area (Å²) in [6.07, 6.45) is 1.90. The Hall–Kier alpha value is -2.08. The van der Waals surface area contributed by atoms with Gasteiger partial charge in [0, 0.05) is 4.88 Å². The van der Waals surface area contributed by atoms with E-state index in [9.17, 15) is 9.18 Å². The smallest absolute Gasteiger partial charge is 0.318 e. The zero-order chi connectivity index (χ0) is 16.9. The number of hydrogen-bond acceptors (Lipinski definition) is 3. The highest BCUT2D eigenvalue weighted by molar-refractivity contribution is 7.10. The van der Waals surface area contributed by atoms with Crippen molar-refractivity contribution in [3.05, 3.63) is 52.5 Å². The van der Waals surface area contributed by atoms with Crippen LogP contribution in [-0.2, 0) is 0 Å². The first kappa shape index (κ1) is 16.8. The topological polar surface area (TPSA) is 41.6 Å². The number of ether oxygens (including phenoxy) is 1. The maximum absolute atomic E-state index is 12.9. The molecule has 0 spiro atoms. The molecule has 1 atom stereocenters. The Bertz CT molecular complexity index is 654. The van der Waals surface area contributed by atoms with Gasteiger partial charge in [0.1, 0.15) is 17.7 Å². The van der Waals surface area contributed by atoms with E-state index in [0.717, 1.165) is 12.8 Å². The predicted octanol–water partition coefficient (Wildman–Crippen LogP) is 4.20. The van der Waals surface area contributed by atoms with Crippen LogP contribution < -0.4 is 10.1 Å². The number of urea groups is 1. The monoisotopic (exact) mass is 348 g/mol. The molecule has 1 aromatic carbocycles. The van der Waals surface area contributed by atoms with Crippen molar-refractivity contribution < 1.29 is 13.9 Å². The van der Waals surface area contributed by atoms with E-state index in [0.29, 0.717) is 18.8 Å². The Balaban J connectivity index is 1.48. The number of hydrogen-bond donors (Lipinski definition) is 1. The molecule has 2 heterocycles. The van der Waals surface area contributed by atoms with Gasteiger partial charge in [-0.2, -0.15) is 0 Å². The van der Waals surface area contributed by atoms with Gasteiger partial charge in [-0.15, -0.1) is 11.3 Å². The van der Waals surface area contributed by atoms with Crippen LogP contribution in [0.3, 0.4) is 0 Å². The summed E-state index contributed by atoms with van der Waals surface area (Å²) < 4.78 is 18.6. The molecule has 0 radical (unpaired) electrons. The molecule has 1 saturated heterocycles. The van der Waals surface area contributed by atoms with E-state index in [1.54, 1.807) is 28.4 Å². The molecule has 0 saturated carbocycles. The molecule has 2 amide bonds. The highest BCUT2D eigenvalue weighted by Gasteiger charge is 2.33. The van der Waals surface area contributed by atoms with Crippen LogP contribution in [0.1, 0.15) is 30.7 Å². The summed E-state index contributed by atoms with van der Waals surface area (Å²) in [6.45, 7) is 3.21. The molecule has 2 aromatic rings. The Labute approximate surface area is 145 Å². The molecule has 1 unspecified atom stereocenters. The molecule has 4 nitrogen and oxygen atoms in total. The first-order valence-electron chi connectivity index (χ1n) is 8.16. The van der Waals surface area contributed by atoms with Crippen LogP contribution in [0, 0.1) is 5.82 Å². The zero-order valence-electron chi connectivity index (χ0n) is 13.6. The number of nitrogens with one attached hydrogen (secondary N) is 1. The van der Waals surface area contributed by atoms with E-state index >= 15 is 0 Å². The molecule has 1 N–H and O–H groups in total. The minimum Gasteiger partial charge on any atom is -0.487 e. The molecule has 0 bridgehead atoms. The van der Waals surface area contributed by atoms with Gasteiger partial charge in [-0.25, -0.2) is 9.18 Å². The first-order chi connectivity index (χ1) is 11.7. The van der Waals surface area contributed by atoms with Crippen molar-refractivity contribution in [2.45, 2.75) is 31.9 Å². The van der Waals surface area contributed by atoms with Crippen LogP contribution in [0.4, 0.5) is 9.18 Å². The molecule has 1 aliphatic heterocycles. The van der Waals surface area contributed by atoms with Crippen LogP contribution in [0.15, 0.2) is 41.8 Å². The van der Waals surface area contributed by atoms with E-state index in [-0.39, 0.29) is 24.0 Å². The molecule has 1 aromatic heterocycles. The standard InChI is InChI=1S/C18H21FN2O2S/c1-2-4-16(17-5-3-10-24-17)20-18(22)21-11-15(12-21)23-14-8-6-13(19)7-9-14/h3,5-10,15-16H,2,4,11-12H2,1H3,(H,20,22). The van der Waals surface area contributed by atoms with Crippen molar-refractivity contribution in [3.8, 4) is 5.75 Å². The quantitative estimate of drug-likeness (QED) is 0.850. The largest absolute Gasteiger partial charge is 0.487 e. The minimum absolute atomic E-state index is 0.0347. The van der Waals surface area contributed by atoms with Gasteiger partial charge in [-0.3, -0.25) is 0 Å². The Morgan fingerprint density at radius 1 is 1.38 bits per heavy atom. The summed E-state index contributed by atoms with van der Waals surface area (Å²) in [5, 5.41) is 5.13. The zero-order valence-corrected chi connectivity index (χ0v) is 14.4. The fraction of sp³-hybridized carbons (Fsp3) is 0.389. The summed E-state index contributed by atoms with van der Waals surface area (Å²) in [5.41, 5.74) is 0. The summed E-state index contributed by atoms with van der Waals surface area (Å²) in [4.78, 5) is 15.3. The summed E-state index contributed by atoms with van der Waals surface area (Å²) in [5.74, 6) is 0.344. The van der Waals surface area contributed by atoms with Crippen molar-refractivity contribution in [1.29, 1.82) is 0 Å². The molecule has 0 aliphatic carbocycles. The highest BCUT2D eigenvalue weighted by atomic mass is 32.1. The second-order valence-corrected chi connectivity index (χ2v) is 6.88. The van der Waals surface area contributed by atoms with Gasteiger partial charge in [0.05, 0.1) is 19.1 Å². The normalized spacial score (nSPS) is 15.7. The maximum Gasteiger partial charge on any atom is 0.318 e. The number of rotatable bonds is 6. The van der Waals surface area contributed by atoms with Gasteiger partial charge in [0.2, 0.25) is 0 Å². The van der Waals surface area contributed by atoms with Crippen molar-refractivity contribution in [2.75, 3.05) is 13.1 Å². The van der Waals surface area contributed by atoms with Gasteiger partial charge in [-0.1, -0.05) is 19.4 Å². The number of carbonyl (C=O) groups excluding carboxylic acids is 1. The Kier molecular flexibility index (Phi) is 5.35. The van der Waals surface area contributed by atoms with Crippen LogP contribution in [0.2, 0.25) is 0 Å². The van der Waals surface area contributed by atoms with E-state index < -0.39 is 0 Å². The lowest BCUT2D eigenvalue weighted by Gasteiger charge is -2.39. The van der Waals surface area contributed by atoms with Crippen molar-refractivity contribution in [3.63, 3.8) is 0 Å². The van der Waals surface area contributed by atoms with Gasteiger partial charge < -0.3 is 15.0 Å². The summed E-state index contributed by atoms with van der Waals surface area (Å²) in [7, 11) is 0. The fourth-order valence-electron chi connectivity index (χ4n) is 2.69. The minimum atomic E-state index is -0.285. The van der Waals surface area contributed by atoms with Crippen LogP contribution in [-0.4, -0.2) is 30.1 Å². The van der Waals surface area contributed by atoms with Gasteiger partial charge >= 0.3 is 6.03 Å². The predicted molar refractivity (Wildman–Crippen MR) is 92.9 cm³/mol. The third kappa shape index (κ3) is 4.06. The van der Waals surface area contributed by atoms with E-state index in [2.05, 4.69) is 18.3 Å². The summed E-state index contributed by atoms with van der Waals surface area (Å²) >= 11 is 1.67. The van der Waals surface area contributed by atoms with Crippen molar-refractivity contribution in [1.82, 2.24) is 10.2 Å². The second kappa shape index (κ2) is 7.66. The van der Waals surface area contributed by atoms with Crippen molar-refractivity contribution >= 4 is 17.4 Å². The number of likely N-dealkylation sites (tertiary alicyclic amines) is 1. The first-order valence-corrected chi connectivity index (χ1v) is 9.04. The van der Waals surface area contributed by atoms with Gasteiger partial charge in [0.15, 0.2) is 0 Å². The molecule has 24 heavy (non-hydrogen) atoms. The van der Waals surface area contributed by atoms with Gasteiger partial charge in [-0.05, 0) is 42.1 Å². The highest BCUT2D eigenvalue weighted by Crippen LogP contribution is 2.24. The third-order valence-electron chi connectivity index (χ3n) is 4.01. The molecular weight excluding hydrogens is 327 g/mol. The Morgan fingerprint density at radius 3 is 2.75 bits per heavy atom. The number of amides is 2. The van der Waals surface area contributed by atoms with Gasteiger partial charge in [0.25, 0.3) is 0 Å². The molecule has 1 fully saturated rings. The lowest BCUT2D eigenvalue weighted by atomic mass is 10.1. The molecular formula is C18H21FN2O2S. The van der Waals surface area contributed by atoms with Crippen LogP contribution in [0.5, 0.6) is 5.75 Å². The van der Waals surface area contributed by atoms with E-state index in [1.807, 2.05) is 11.4 Å². The Morgan fingerprint density at radius 2 is 2.12 bits per heavy atom. The average molecular weight is 348 g/mol. The third-order valence-corrected chi connectivity index (χ3v) is 5.00. The molecule has 128 valence electrons. The maximum atomic E-state index is 12.9. The molecule has 3 rings (SSSR count). The van der Waals surface area contributed by atoms with Crippen LogP contribution >= 0.6 is 11.3 Å². The second-order valence-electron chi connectivity index (χ2n) is 5.90. The van der Waals surface area contributed by atoms with E-state index in [4.69, 9.17) is 4.74 Å². The number of nitrogens with zero attached hydrogens (tertiary/aromatic N) is 1. The SMILES string of the molecule is CCCC(NC(=O)N1CC(Oc2ccc(F)cc2)C1)c1cccs1. The molecule has 1 aliphatic rings. The fourth-order valence-corrected chi connectivity index (χ4v) is 3.50. The van der Waals surface area contributed by atoms with Crippen molar-refractivity contribution in [2.24, 2.45) is 0 Å². The number of benzene rings is 1. The summed E-state index contributed by atoms with van der Waals surface area (Å²) in [6, 6.07) is 10.0. The van der Waals surface area contributed by atoms with Crippen LogP contribution in [0.25, 0.3) is 0 Å². The number of thiophene rings is 1. The van der Waals surface area contributed by atoms with E-state index in [1.165, 1.54) is 17.0 Å². The number of halogens is 1. The molecule has 6 heteroatoms.